The van der Waals surface area contributed by atoms with Gasteiger partial charge in [-0.2, -0.15) is 26.3 Å². The highest BCUT2D eigenvalue weighted by atomic mass is 19.4. The van der Waals surface area contributed by atoms with Crippen LogP contribution in [0.15, 0.2) is 0 Å². The number of hydrogen-bond acceptors (Lipinski definition) is 0. The molecule has 134 valence electrons. The van der Waals surface area contributed by atoms with Crippen LogP contribution in [0.5, 0.6) is 0 Å². The van der Waals surface area contributed by atoms with Crippen LogP contribution in [0.1, 0.15) is 40.5 Å². The molecule has 0 aliphatic heterocycles. The van der Waals surface area contributed by atoms with Crippen molar-refractivity contribution in [2.75, 3.05) is 0 Å². The highest BCUT2D eigenvalue weighted by Crippen LogP contribution is 2.72. The summed E-state index contributed by atoms with van der Waals surface area (Å²) in [6.07, 6.45) is -15.5. The van der Waals surface area contributed by atoms with E-state index in [0.717, 1.165) is 0 Å². The van der Waals surface area contributed by atoms with Gasteiger partial charge in [-0.3, -0.25) is 0 Å². The van der Waals surface area contributed by atoms with E-state index in [1.165, 1.54) is 0 Å². The molecular formula is C12H16F10. The zero-order chi connectivity index (χ0) is 18.4. The van der Waals surface area contributed by atoms with Crippen molar-refractivity contribution in [3.8, 4) is 0 Å². The molecule has 22 heavy (non-hydrogen) atoms. The van der Waals surface area contributed by atoms with Gasteiger partial charge in [0, 0.05) is 13.8 Å². The number of alkyl halides is 10. The summed E-state index contributed by atoms with van der Waals surface area (Å²) in [7, 11) is 0. The predicted octanol–water partition coefficient (Wildman–Crippen LogP) is 6.21. The minimum Gasteiger partial charge on any atom is -0.206 e. The van der Waals surface area contributed by atoms with Crippen LogP contribution < -0.4 is 0 Å². The minimum absolute atomic E-state index is 0.537. The highest BCUT2D eigenvalue weighted by Gasteiger charge is 2.88. The molecule has 0 aromatic rings. The molecule has 0 amide bonds. The van der Waals surface area contributed by atoms with Crippen molar-refractivity contribution in [3.05, 3.63) is 0 Å². The van der Waals surface area contributed by atoms with Crippen LogP contribution >= 0.6 is 0 Å². The number of hydrogen-bond donors (Lipinski definition) is 0. The molecule has 0 saturated heterocycles. The van der Waals surface area contributed by atoms with E-state index >= 15 is 0 Å². The first-order valence-corrected chi connectivity index (χ1v) is 6.26. The summed E-state index contributed by atoms with van der Waals surface area (Å²) < 4.78 is 135. The first-order valence-electron chi connectivity index (χ1n) is 6.26. The van der Waals surface area contributed by atoms with Gasteiger partial charge in [0.25, 0.3) is 11.8 Å². The summed E-state index contributed by atoms with van der Waals surface area (Å²) in [5, 5.41) is 0. The van der Waals surface area contributed by atoms with Gasteiger partial charge in [-0.15, -0.1) is 0 Å². The summed E-state index contributed by atoms with van der Waals surface area (Å²) >= 11 is 0. The minimum atomic E-state index is -6.50. The standard InChI is InChI=1S/C12H16F10/c1-5-9(6-2,11(17,18)19)10(7(3,13)14,8(4,15)16)12(20,21)22/h5-6H2,1-4H3. The molecule has 0 unspecified atom stereocenters. The SMILES string of the molecule is CCC(CC)(C(F)(F)F)C(C(C)(F)F)(C(C)(F)F)C(F)(F)F. The fourth-order valence-corrected chi connectivity index (χ4v) is 3.39. The topological polar surface area (TPSA) is 0 Å². The van der Waals surface area contributed by atoms with Crippen LogP contribution in [-0.4, -0.2) is 24.2 Å². The van der Waals surface area contributed by atoms with Crippen molar-refractivity contribution in [1.29, 1.82) is 0 Å². The van der Waals surface area contributed by atoms with Crippen molar-refractivity contribution in [2.45, 2.75) is 64.7 Å². The van der Waals surface area contributed by atoms with Crippen LogP contribution in [0.3, 0.4) is 0 Å². The highest BCUT2D eigenvalue weighted by molar-refractivity contribution is 5.15. The Morgan fingerprint density at radius 2 is 0.818 bits per heavy atom. The predicted molar refractivity (Wildman–Crippen MR) is 58.8 cm³/mol. The van der Waals surface area contributed by atoms with E-state index in [1.54, 1.807) is 0 Å². The molecule has 0 radical (unpaired) electrons. The Balaban J connectivity index is 7.21. The molecule has 0 bridgehead atoms. The second-order valence-corrected chi connectivity index (χ2v) is 5.31. The fraction of sp³-hybridized carbons (Fsp3) is 1.00. The first kappa shape index (κ1) is 21.3. The van der Waals surface area contributed by atoms with Crippen molar-refractivity contribution in [3.63, 3.8) is 0 Å². The van der Waals surface area contributed by atoms with Crippen LogP contribution in [0.25, 0.3) is 0 Å². The molecule has 0 aliphatic rings. The van der Waals surface area contributed by atoms with E-state index < -0.39 is 61.7 Å². The van der Waals surface area contributed by atoms with E-state index in [0.29, 0.717) is 13.8 Å². The molecule has 0 nitrogen and oxygen atoms in total. The van der Waals surface area contributed by atoms with Crippen molar-refractivity contribution >= 4 is 0 Å². The van der Waals surface area contributed by atoms with Crippen molar-refractivity contribution in [2.24, 2.45) is 10.8 Å². The summed E-state index contributed by atoms with van der Waals surface area (Å²) in [6.45, 7) is -0.0304. The zero-order valence-corrected chi connectivity index (χ0v) is 12.2. The normalized spacial score (nSPS) is 16.1. The van der Waals surface area contributed by atoms with Gasteiger partial charge in [-0.25, -0.2) is 17.6 Å². The fourth-order valence-electron chi connectivity index (χ4n) is 3.39. The van der Waals surface area contributed by atoms with Crippen molar-refractivity contribution in [1.82, 2.24) is 0 Å². The lowest BCUT2D eigenvalue weighted by atomic mass is 9.53. The molecule has 0 atom stereocenters. The Kier molecular flexibility index (Phi) is 5.26. The smallest absolute Gasteiger partial charge is 0.206 e. The first-order chi connectivity index (χ1) is 9.37. The van der Waals surface area contributed by atoms with Gasteiger partial charge in [0.2, 0.25) is 5.41 Å². The van der Waals surface area contributed by atoms with Crippen LogP contribution in [0.4, 0.5) is 43.9 Å². The maximum Gasteiger partial charge on any atom is 0.406 e. The lowest BCUT2D eigenvalue weighted by molar-refractivity contribution is -0.440. The summed E-state index contributed by atoms with van der Waals surface area (Å²) in [6, 6.07) is 0. The molecule has 0 spiro atoms. The molecule has 0 aromatic heterocycles. The van der Waals surface area contributed by atoms with Gasteiger partial charge in [-0.1, -0.05) is 13.8 Å². The summed E-state index contributed by atoms with van der Waals surface area (Å²) in [4.78, 5) is 0. The quantitative estimate of drug-likeness (QED) is 0.517. The van der Waals surface area contributed by atoms with Crippen molar-refractivity contribution < 1.29 is 43.9 Å². The Morgan fingerprint density at radius 1 is 0.545 bits per heavy atom. The second-order valence-electron chi connectivity index (χ2n) is 5.31. The van der Waals surface area contributed by atoms with E-state index in [2.05, 4.69) is 0 Å². The lowest BCUT2D eigenvalue weighted by Gasteiger charge is -2.55. The van der Waals surface area contributed by atoms with Crippen LogP contribution in [-0.2, 0) is 0 Å². The largest absolute Gasteiger partial charge is 0.406 e. The Bertz CT molecular complexity index is 339. The molecule has 0 rings (SSSR count). The van der Waals surface area contributed by atoms with E-state index in [-0.39, 0.29) is 0 Å². The third kappa shape index (κ3) is 2.55. The van der Waals surface area contributed by atoms with Gasteiger partial charge >= 0.3 is 12.4 Å². The Hall–Kier alpha value is -0.700. The summed E-state index contributed by atoms with van der Waals surface area (Å²) in [5.74, 6) is -10.7. The Labute approximate surface area is 120 Å². The maximum absolute atomic E-state index is 13.7. The lowest BCUT2D eigenvalue weighted by Crippen LogP contribution is -2.72. The molecule has 0 fully saturated rings. The average molecular weight is 350 g/mol. The molecular weight excluding hydrogens is 334 g/mol. The number of rotatable bonds is 5. The van der Waals surface area contributed by atoms with Gasteiger partial charge in [0.15, 0.2) is 0 Å². The Morgan fingerprint density at radius 3 is 0.864 bits per heavy atom. The van der Waals surface area contributed by atoms with Gasteiger partial charge in [-0.05, 0) is 12.8 Å². The molecule has 0 aromatic carbocycles. The maximum atomic E-state index is 13.7. The third-order valence-electron chi connectivity index (χ3n) is 4.21. The molecule has 0 aliphatic carbocycles. The number of halogens is 10. The van der Waals surface area contributed by atoms with E-state index in [1.807, 2.05) is 0 Å². The van der Waals surface area contributed by atoms with Gasteiger partial charge < -0.3 is 0 Å². The third-order valence-corrected chi connectivity index (χ3v) is 4.21. The molecule has 0 saturated carbocycles. The van der Waals surface area contributed by atoms with Crippen LogP contribution in [0.2, 0.25) is 0 Å². The average Bonchev–Trinajstić information content (AvgIpc) is 2.17. The molecule has 0 heterocycles. The van der Waals surface area contributed by atoms with Crippen LogP contribution in [0, 0.1) is 10.8 Å². The monoisotopic (exact) mass is 350 g/mol. The molecule has 10 heteroatoms. The molecule has 0 N–H and O–H groups in total. The van der Waals surface area contributed by atoms with E-state index in [9.17, 15) is 43.9 Å². The second kappa shape index (κ2) is 5.43. The van der Waals surface area contributed by atoms with Gasteiger partial charge in [0.1, 0.15) is 0 Å². The van der Waals surface area contributed by atoms with E-state index in [4.69, 9.17) is 0 Å². The summed E-state index contributed by atoms with van der Waals surface area (Å²) in [5.41, 5.74) is -9.92. The zero-order valence-electron chi connectivity index (χ0n) is 12.2. The van der Waals surface area contributed by atoms with Gasteiger partial charge in [0.05, 0.1) is 5.41 Å².